The summed E-state index contributed by atoms with van der Waals surface area (Å²) in [6.45, 7) is 10.4. The van der Waals surface area contributed by atoms with E-state index < -0.39 is 41.3 Å². The van der Waals surface area contributed by atoms with Crippen LogP contribution in [-0.4, -0.2) is 58.5 Å². The van der Waals surface area contributed by atoms with Gasteiger partial charge in [0.1, 0.15) is 11.2 Å². The fourth-order valence-corrected chi connectivity index (χ4v) is 2.13. The Bertz CT molecular complexity index is 477. The van der Waals surface area contributed by atoms with Crippen LogP contribution in [0.25, 0.3) is 0 Å². The van der Waals surface area contributed by atoms with Gasteiger partial charge in [-0.25, -0.2) is 9.59 Å². The molecular weight excluding hydrogens is 304 g/mol. The van der Waals surface area contributed by atoms with Crippen molar-refractivity contribution in [3.63, 3.8) is 0 Å². The lowest BCUT2D eigenvalue weighted by Gasteiger charge is -2.24. The number of hydrogen-bond donors (Lipinski definition) is 2. The van der Waals surface area contributed by atoms with E-state index in [0.717, 1.165) is 0 Å². The SMILES string of the molecule is CC(C)(C)OC(=O)N[C@@H]1CN(C(=O)OC(C)(C)C)C[C@@H]1C(=O)O. The molecule has 132 valence electrons. The maximum Gasteiger partial charge on any atom is 0.410 e. The first-order chi connectivity index (χ1) is 10.3. The summed E-state index contributed by atoms with van der Waals surface area (Å²) in [5.41, 5.74) is -1.36. The molecule has 0 spiro atoms. The van der Waals surface area contributed by atoms with E-state index in [2.05, 4.69) is 5.32 Å². The number of ether oxygens (including phenoxy) is 2. The second kappa shape index (κ2) is 6.64. The van der Waals surface area contributed by atoms with Crippen molar-refractivity contribution >= 4 is 18.2 Å². The second-order valence-corrected chi connectivity index (χ2v) is 7.58. The third-order valence-electron chi connectivity index (χ3n) is 2.99. The van der Waals surface area contributed by atoms with E-state index in [9.17, 15) is 19.5 Å². The lowest BCUT2D eigenvalue weighted by Crippen LogP contribution is -2.45. The van der Waals surface area contributed by atoms with Crippen molar-refractivity contribution in [3.8, 4) is 0 Å². The van der Waals surface area contributed by atoms with Gasteiger partial charge in [0.05, 0.1) is 12.0 Å². The van der Waals surface area contributed by atoms with E-state index in [4.69, 9.17) is 9.47 Å². The highest BCUT2D eigenvalue weighted by molar-refractivity contribution is 5.77. The molecule has 1 aliphatic heterocycles. The molecule has 8 nitrogen and oxygen atoms in total. The summed E-state index contributed by atoms with van der Waals surface area (Å²) in [5, 5.41) is 11.8. The van der Waals surface area contributed by atoms with E-state index in [-0.39, 0.29) is 13.1 Å². The predicted molar refractivity (Wildman–Crippen MR) is 82.1 cm³/mol. The van der Waals surface area contributed by atoms with Crippen molar-refractivity contribution in [1.29, 1.82) is 0 Å². The number of hydrogen-bond acceptors (Lipinski definition) is 5. The number of rotatable bonds is 2. The Morgan fingerprint density at radius 2 is 1.52 bits per heavy atom. The Morgan fingerprint density at radius 1 is 1.00 bits per heavy atom. The summed E-state index contributed by atoms with van der Waals surface area (Å²) in [5.74, 6) is -1.99. The number of carboxylic acids is 1. The molecule has 0 radical (unpaired) electrons. The standard InChI is InChI=1S/C15H26N2O6/c1-14(2,3)22-12(20)16-10-8-17(7-9(10)11(18)19)13(21)23-15(4,5)6/h9-10H,7-8H2,1-6H3,(H,16,20)(H,18,19)/t9-,10+/m0/s1. The fraction of sp³-hybridized carbons (Fsp3) is 0.800. The summed E-state index contributed by atoms with van der Waals surface area (Å²) >= 11 is 0. The van der Waals surface area contributed by atoms with Crippen LogP contribution >= 0.6 is 0 Å². The van der Waals surface area contributed by atoms with Gasteiger partial charge >= 0.3 is 18.2 Å². The maximum atomic E-state index is 12.1. The largest absolute Gasteiger partial charge is 0.481 e. The topological polar surface area (TPSA) is 105 Å². The van der Waals surface area contributed by atoms with Crippen molar-refractivity contribution in [3.05, 3.63) is 0 Å². The Balaban J connectivity index is 2.73. The summed E-state index contributed by atoms with van der Waals surface area (Å²) < 4.78 is 10.4. The van der Waals surface area contributed by atoms with Crippen LogP contribution in [0.1, 0.15) is 41.5 Å². The fourth-order valence-electron chi connectivity index (χ4n) is 2.13. The van der Waals surface area contributed by atoms with E-state index in [1.165, 1.54) is 4.90 Å². The minimum Gasteiger partial charge on any atom is -0.481 e. The molecule has 2 atom stereocenters. The zero-order valence-corrected chi connectivity index (χ0v) is 14.5. The number of carbonyl (C=O) groups is 3. The van der Waals surface area contributed by atoms with Crippen LogP contribution in [-0.2, 0) is 14.3 Å². The minimum atomic E-state index is -1.09. The normalized spacial score (nSPS) is 21.7. The molecule has 0 aliphatic carbocycles. The molecule has 1 aliphatic rings. The smallest absolute Gasteiger partial charge is 0.410 e. The number of alkyl carbamates (subject to hydrolysis) is 1. The van der Waals surface area contributed by atoms with Crippen LogP contribution in [0.3, 0.4) is 0 Å². The van der Waals surface area contributed by atoms with E-state index in [1.807, 2.05) is 0 Å². The molecule has 0 aromatic carbocycles. The zero-order valence-electron chi connectivity index (χ0n) is 14.5. The molecule has 8 heteroatoms. The molecule has 1 rings (SSSR count). The van der Waals surface area contributed by atoms with E-state index >= 15 is 0 Å². The average Bonchev–Trinajstić information content (AvgIpc) is 2.67. The molecular formula is C15H26N2O6. The predicted octanol–water partition coefficient (Wildman–Crippen LogP) is 1.83. The van der Waals surface area contributed by atoms with Crippen molar-refractivity contribution in [2.75, 3.05) is 13.1 Å². The molecule has 23 heavy (non-hydrogen) atoms. The first-order valence-corrected chi connectivity index (χ1v) is 7.49. The lowest BCUT2D eigenvalue weighted by molar-refractivity contribution is -0.141. The van der Waals surface area contributed by atoms with E-state index in [0.29, 0.717) is 0 Å². The average molecular weight is 330 g/mol. The van der Waals surface area contributed by atoms with Gasteiger partial charge in [0.15, 0.2) is 0 Å². The summed E-state index contributed by atoms with van der Waals surface area (Å²) in [6, 6.07) is -0.727. The van der Waals surface area contributed by atoms with Gasteiger partial charge in [0.25, 0.3) is 0 Å². The number of carboxylic acid groups (broad SMARTS) is 1. The van der Waals surface area contributed by atoms with Gasteiger partial charge in [0.2, 0.25) is 0 Å². The van der Waals surface area contributed by atoms with Gasteiger partial charge in [-0.05, 0) is 41.5 Å². The number of carbonyl (C=O) groups excluding carboxylic acids is 2. The molecule has 0 bridgehead atoms. The molecule has 0 aromatic heterocycles. The molecule has 2 amide bonds. The summed E-state index contributed by atoms with van der Waals surface area (Å²) in [6.07, 6.45) is -1.31. The van der Waals surface area contributed by atoms with Crippen molar-refractivity contribution in [2.24, 2.45) is 5.92 Å². The summed E-state index contributed by atoms with van der Waals surface area (Å²) in [7, 11) is 0. The lowest BCUT2D eigenvalue weighted by atomic mass is 10.0. The van der Waals surface area contributed by atoms with Crippen LogP contribution in [0.4, 0.5) is 9.59 Å². The highest BCUT2D eigenvalue weighted by Crippen LogP contribution is 2.21. The Kier molecular flexibility index (Phi) is 5.50. The highest BCUT2D eigenvalue weighted by atomic mass is 16.6. The number of likely N-dealkylation sites (tertiary alicyclic amines) is 1. The molecule has 0 aromatic rings. The molecule has 1 heterocycles. The first kappa shape index (κ1) is 19.1. The van der Waals surface area contributed by atoms with Gasteiger partial charge in [-0.15, -0.1) is 0 Å². The third kappa shape index (κ3) is 6.33. The van der Waals surface area contributed by atoms with Crippen LogP contribution in [0.2, 0.25) is 0 Å². The zero-order chi connectivity index (χ0) is 18.0. The monoisotopic (exact) mass is 330 g/mol. The van der Waals surface area contributed by atoms with Crippen LogP contribution in [0.5, 0.6) is 0 Å². The molecule has 2 N–H and O–H groups in total. The van der Waals surface area contributed by atoms with Gasteiger partial charge < -0.3 is 24.8 Å². The Hall–Kier alpha value is -1.99. The van der Waals surface area contributed by atoms with Crippen molar-refractivity contribution in [1.82, 2.24) is 10.2 Å². The van der Waals surface area contributed by atoms with Crippen LogP contribution in [0, 0.1) is 5.92 Å². The van der Waals surface area contributed by atoms with Gasteiger partial charge in [0, 0.05) is 13.1 Å². The van der Waals surface area contributed by atoms with Crippen molar-refractivity contribution in [2.45, 2.75) is 58.8 Å². The van der Waals surface area contributed by atoms with Gasteiger partial charge in [-0.3, -0.25) is 4.79 Å². The van der Waals surface area contributed by atoms with Crippen molar-refractivity contribution < 1.29 is 29.0 Å². The van der Waals surface area contributed by atoms with E-state index in [1.54, 1.807) is 41.5 Å². The minimum absolute atomic E-state index is 0.0231. The number of amides is 2. The number of nitrogens with one attached hydrogen (secondary N) is 1. The van der Waals surface area contributed by atoms with Gasteiger partial charge in [-0.2, -0.15) is 0 Å². The molecule has 1 saturated heterocycles. The molecule has 0 unspecified atom stereocenters. The number of aliphatic carboxylic acids is 1. The van der Waals surface area contributed by atoms with Crippen LogP contribution < -0.4 is 5.32 Å². The number of nitrogens with zero attached hydrogens (tertiary/aromatic N) is 1. The van der Waals surface area contributed by atoms with Gasteiger partial charge in [-0.1, -0.05) is 0 Å². The first-order valence-electron chi connectivity index (χ1n) is 7.49. The summed E-state index contributed by atoms with van der Waals surface area (Å²) in [4.78, 5) is 36.5. The molecule has 0 saturated carbocycles. The highest BCUT2D eigenvalue weighted by Gasteiger charge is 2.42. The maximum absolute atomic E-state index is 12.1. The Morgan fingerprint density at radius 3 is 1.96 bits per heavy atom. The second-order valence-electron chi connectivity index (χ2n) is 7.58. The van der Waals surface area contributed by atoms with Crippen LogP contribution in [0.15, 0.2) is 0 Å². The Labute approximate surface area is 136 Å². The quantitative estimate of drug-likeness (QED) is 0.800. The third-order valence-corrected chi connectivity index (χ3v) is 2.99. The molecule has 1 fully saturated rings.